The molecule has 0 aliphatic heterocycles. The van der Waals surface area contributed by atoms with Crippen LogP contribution >= 0.6 is 0 Å². The first kappa shape index (κ1) is 15.9. The predicted octanol–water partition coefficient (Wildman–Crippen LogP) is 3.08. The van der Waals surface area contributed by atoms with E-state index >= 15 is 0 Å². The standard InChI is InChI=1S/C13H13F3O4/c1-9(12(17)18-2)7-8-19-10-3-5-11(6-4-10)20-13(14,15)16/h3-7H,8H2,1-2H3/b9-7+. The van der Waals surface area contributed by atoms with Gasteiger partial charge in [-0.2, -0.15) is 0 Å². The maximum atomic E-state index is 11.9. The van der Waals surface area contributed by atoms with Crippen LogP contribution in [0.4, 0.5) is 13.2 Å². The zero-order chi connectivity index (χ0) is 15.2. The highest BCUT2D eigenvalue weighted by Gasteiger charge is 2.30. The zero-order valence-electron chi connectivity index (χ0n) is 10.9. The highest BCUT2D eigenvalue weighted by atomic mass is 19.4. The second-order valence-electron chi connectivity index (χ2n) is 3.71. The van der Waals surface area contributed by atoms with E-state index in [1.807, 2.05) is 0 Å². The molecule has 1 aromatic carbocycles. The molecule has 0 aromatic heterocycles. The van der Waals surface area contributed by atoms with Gasteiger partial charge in [0.25, 0.3) is 0 Å². The minimum atomic E-state index is -4.72. The molecule has 1 rings (SSSR count). The monoisotopic (exact) mass is 290 g/mol. The van der Waals surface area contributed by atoms with Gasteiger partial charge in [0.15, 0.2) is 0 Å². The number of benzene rings is 1. The van der Waals surface area contributed by atoms with Gasteiger partial charge >= 0.3 is 12.3 Å². The Morgan fingerprint density at radius 2 is 1.75 bits per heavy atom. The third kappa shape index (κ3) is 5.64. The molecule has 0 heterocycles. The zero-order valence-corrected chi connectivity index (χ0v) is 10.9. The van der Waals surface area contributed by atoms with Crippen molar-refractivity contribution in [2.75, 3.05) is 13.7 Å². The van der Waals surface area contributed by atoms with Crippen LogP contribution in [0.15, 0.2) is 35.9 Å². The third-order valence-electron chi connectivity index (χ3n) is 2.20. The molecule has 0 bridgehead atoms. The highest BCUT2D eigenvalue weighted by molar-refractivity contribution is 5.87. The molecule has 0 aliphatic rings. The van der Waals surface area contributed by atoms with E-state index in [-0.39, 0.29) is 12.4 Å². The van der Waals surface area contributed by atoms with Gasteiger partial charge in [-0.05, 0) is 37.3 Å². The van der Waals surface area contributed by atoms with E-state index in [2.05, 4.69) is 9.47 Å². The van der Waals surface area contributed by atoms with Crippen LogP contribution in [-0.4, -0.2) is 26.0 Å². The molecule has 7 heteroatoms. The van der Waals surface area contributed by atoms with Crippen LogP contribution in [0, 0.1) is 0 Å². The number of esters is 1. The van der Waals surface area contributed by atoms with Crippen LogP contribution in [0.3, 0.4) is 0 Å². The molecule has 110 valence electrons. The summed E-state index contributed by atoms with van der Waals surface area (Å²) in [4.78, 5) is 11.1. The number of hydrogen-bond donors (Lipinski definition) is 0. The maximum absolute atomic E-state index is 11.9. The van der Waals surface area contributed by atoms with Crippen molar-refractivity contribution in [3.05, 3.63) is 35.9 Å². The van der Waals surface area contributed by atoms with E-state index in [9.17, 15) is 18.0 Å². The lowest BCUT2D eigenvalue weighted by Gasteiger charge is -2.09. The first-order valence-electron chi connectivity index (χ1n) is 5.55. The lowest BCUT2D eigenvalue weighted by molar-refractivity contribution is -0.274. The Morgan fingerprint density at radius 3 is 2.25 bits per heavy atom. The molecule has 0 fully saturated rings. The summed E-state index contributed by atoms with van der Waals surface area (Å²) in [5.74, 6) is -0.443. The number of carbonyl (C=O) groups excluding carboxylic acids is 1. The molecule has 1 aromatic rings. The fourth-order valence-corrected chi connectivity index (χ4v) is 1.24. The van der Waals surface area contributed by atoms with Crippen molar-refractivity contribution >= 4 is 5.97 Å². The Bertz CT molecular complexity index is 477. The largest absolute Gasteiger partial charge is 0.573 e. The normalized spacial score (nSPS) is 11.9. The molecule has 0 unspecified atom stereocenters. The molecule has 0 saturated carbocycles. The second kappa shape index (κ2) is 6.83. The number of rotatable bonds is 5. The average molecular weight is 290 g/mol. The molecule has 0 amide bonds. The van der Waals surface area contributed by atoms with Crippen LogP contribution in [0.5, 0.6) is 11.5 Å². The first-order chi connectivity index (χ1) is 9.31. The smallest absolute Gasteiger partial charge is 0.490 e. The lowest BCUT2D eigenvalue weighted by Crippen LogP contribution is -2.16. The van der Waals surface area contributed by atoms with Crippen molar-refractivity contribution < 1.29 is 32.2 Å². The summed E-state index contributed by atoms with van der Waals surface area (Å²) < 4.78 is 49.3. The Kier molecular flexibility index (Phi) is 5.42. The van der Waals surface area contributed by atoms with Gasteiger partial charge in [-0.15, -0.1) is 13.2 Å². The van der Waals surface area contributed by atoms with Crippen LogP contribution in [0.1, 0.15) is 6.92 Å². The minimum Gasteiger partial charge on any atom is -0.490 e. The fraction of sp³-hybridized carbons (Fsp3) is 0.308. The lowest BCUT2D eigenvalue weighted by atomic mass is 10.3. The summed E-state index contributed by atoms with van der Waals surface area (Å²) in [6.07, 6.45) is -3.21. The summed E-state index contributed by atoms with van der Waals surface area (Å²) >= 11 is 0. The van der Waals surface area contributed by atoms with Gasteiger partial charge in [0.05, 0.1) is 7.11 Å². The number of ether oxygens (including phenoxy) is 3. The molecule has 0 spiro atoms. The Morgan fingerprint density at radius 1 is 1.20 bits per heavy atom. The van der Waals surface area contributed by atoms with Gasteiger partial charge in [-0.1, -0.05) is 0 Å². The number of methoxy groups -OCH3 is 1. The van der Waals surface area contributed by atoms with Crippen molar-refractivity contribution in [3.8, 4) is 11.5 Å². The maximum Gasteiger partial charge on any atom is 0.573 e. The van der Waals surface area contributed by atoms with E-state index in [1.54, 1.807) is 6.92 Å². The molecule has 4 nitrogen and oxygen atoms in total. The summed E-state index contributed by atoms with van der Waals surface area (Å²) in [5.41, 5.74) is 0.379. The summed E-state index contributed by atoms with van der Waals surface area (Å²) in [6, 6.07) is 4.95. The highest BCUT2D eigenvalue weighted by Crippen LogP contribution is 2.24. The summed E-state index contributed by atoms with van der Waals surface area (Å²) in [6.45, 7) is 1.66. The van der Waals surface area contributed by atoms with Crippen LogP contribution < -0.4 is 9.47 Å². The van der Waals surface area contributed by atoms with Gasteiger partial charge in [0.2, 0.25) is 0 Å². The number of hydrogen-bond acceptors (Lipinski definition) is 4. The third-order valence-corrected chi connectivity index (χ3v) is 2.20. The van der Waals surface area contributed by atoms with Crippen molar-refractivity contribution in [1.82, 2.24) is 0 Å². The SMILES string of the molecule is COC(=O)/C(C)=C/COc1ccc(OC(F)(F)F)cc1. The molecule has 0 atom stereocenters. The molecule has 0 radical (unpaired) electrons. The van der Waals surface area contributed by atoms with Gasteiger partial charge in [-0.25, -0.2) is 4.79 Å². The van der Waals surface area contributed by atoms with Gasteiger partial charge in [0.1, 0.15) is 18.1 Å². The van der Waals surface area contributed by atoms with Crippen LogP contribution in [0.25, 0.3) is 0 Å². The molecular formula is C13H13F3O4. The van der Waals surface area contributed by atoms with Gasteiger partial charge in [0, 0.05) is 5.57 Å². The van der Waals surface area contributed by atoms with Gasteiger partial charge in [-0.3, -0.25) is 0 Å². The van der Waals surface area contributed by atoms with E-state index in [1.165, 1.54) is 25.3 Å². The van der Waals surface area contributed by atoms with E-state index < -0.39 is 12.3 Å². The summed E-state index contributed by atoms with van der Waals surface area (Å²) in [7, 11) is 1.26. The molecular weight excluding hydrogens is 277 g/mol. The predicted molar refractivity (Wildman–Crippen MR) is 64.4 cm³/mol. The van der Waals surface area contributed by atoms with Crippen molar-refractivity contribution in [2.45, 2.75) is 13.3 Å². The number of alkyl halides is 3. The fourth-order valence-electron chi connectivity index (χ4n) is 1.24. The van der Waals surface area contributed by atoms with Gasteiger partial charge < -0.3 is 14.2 Å². The number of carbonyl (C=O) groups is 1. The van der Waals surface area contributed by atoms with Crippen LogP contribution in [-0.2, 0) is 9.53 Å². The topological polar surface area (TPSA) is 44.8 Å². The second-order valence-corrected chi connectivity index (χ2v) is 3.71. The van der Waals surface area contributed by atoms with E-state index in [0.29, 0.717) is 11.3 Å². The minimum absolute atomic E-state index is 0.0976. The van der Waals surface area contributed by atoms with Crippen molar-refractivity contribution in [2.24, 2.45) is 0 Å². The Hall–Kier alpha value is -2.18. The van der Waals surface area contributed by atoms with E-state index in [4.69, 9.17) is 4.74 Å². The van der Waals surface area contributed by atoms with Crippen molar-refractivity contribution in [1.29, 1.82) is 0 Å². The van der Waals surface area contributed by atoms with Crippen molar-refractivity contribution in [3.63, 3.8) is 0 Å². The number of halogens is 3. The summed E-state index contributed by atoms with van der Waals surface area (Å²) in [5, 5.41) is 0. The quantitative estimate of drug-likeness (QED) is 0.617. The Labute approximate surface area is 113 Å². The molecule has 0 N–H and O–H groups in total. The Balaban J connectivity index is 2.52. The average Bonchev–Trinajstić information content (AvgIpc) is 2.38. The molecule has 0 aliphatic carbocycles. The molecule has 20 heavy (non-hydrogen) atoms. The van der Waals surface area contributed by atoms with E-state index in [0.717, 1.165) is 12.1 Å². The first-order valence-corrected chi connectivity index (χ1v) is 5.55. The van der Waals surface area contributed by atoms with Crippen LogP contribution in [0.2, 0.25) is 0 Å². The molecule has 0 saturated heterocycles.